The molecule has 0 heterocycles. The maximum absolute atomic E-state index is 9.45. The van der Waals surface area contributed by atoms with Gasteiger partial charge < -0.3 is 20.4 Å². The van der Waals surface area contributed by atoms with Crippen molar-refractivity contribution in [3.8, 4) is 0 Å². The molecular formula is C5H12O8Sm2. The van der Waals surface area contributed by atoms with E-state index < -0.39 is 86.1 Å². The van der Waals surface area contributed by atoms with E-state index in [0.717, 1.165) is 0 Å². The zero-order valence-electron chi connectivity index (χ0n) is 7.73. The first-order chi connectivity index (χ1) is 6.97. The standard InChI is InChI=1S/C3H6O3.C2H6O2.3O.2Sm/c1-2(4)3(5)6;3-1-2-4;;;;;/h2,4H,1H3,(H,5,6);3-4H,1-2H2;;;;;. The van der Waals surface area contributed by atoms with E-state index in [1.807, 2.05) is 0 Å². The van der Waals surface area contributed by atoms with E-state index in [4.69, 9.17) is 20.4 Å². The van der Waals surface area contributed by atoms with Crippen molar-refractivity contribution in [2.75, 3.05) is 13.2 Å². The summed E-state index contributed by atoms with van der Waals surface area (Å²) >= 11 is -3.52. The molecule has 0 amide bonds. The van der Waals surface area contributed by atoms with Gasteiger partial charge in [-0.2, -0.15) is 0 Å². The molecule has 1 atom stereocenters. The van der Waals surface area contributed by atoms with Crippen molar-refractivity contribution in [1.29, 1.82) is 0 Å². The molecule has 4 N–H and O–H groups in total. The average molecular weight is 501 g/mol. The van der Waals surface area contributed by atoms with Gasteiger partial charge in [0.2, 0.25) is 0 Å². The number of carboxylic acid groups (broad SMARTS) is 1. The molecule has 10 heteroatoms. The van der Waals surface area contributed by atoms with Crippen LogP contribution in [0.25, 0.3) is 0 Å². The van der Waals surface area contributed by atoms with Crippen LogP contribution in [0.4, 0.5) is 0 Å². The molecule has 8 nitrogen and oxygen atoms in total. The Morgan fingerprint density at radius 1 is 1.27 bits per heavy atom. The summed E-state index contributed by atoms with van der Waals surface area (Å²) in [7, 11) is 0. The van der Waals surface area contributed by atoms with Crippen molar-refractivity contribution in [2.24, 2.45) is 0 Å². The number of hydrogen-bond donors (Lipinski definition) is 4. The second kappa shape index (κ2) is 20.9. The molecule has 0 aromatic heterocycles. The van der Waals surface area contributed by atoms with Crippen LogP contribution in [-0.4, -0.2) is 45.7 Å². The molecule has 0 saturated heterocycles. The van der Waals surface area contributed by atoms with E-state index in [0.29, 0.717) is 0 Å². The fraction of sp³-hybridized carbons (Fsp3) is 0.800. The van der Waals surface area contributed by atoms with Gasteiger partial charge >= 0.3 is 79.7 Å². The summed E-state index contributed by atoms with van der Waals surface area (Å²) in [6, 6.07) is 0. The molecule has 0 saturated carbocycles. The summed E-state index contributed by atoms with van der Waals surface area (Å²) in [5.74, 6) is -1.19. The molecule has 0 aliphatic rings. The summed E-state index contributed by atoms with van der Waals surface area (Å²) in [6.07, 6.45) is -1.23. The average Bonchev–Trinajstić information content (AvgIpc) is 2.20. The van der Waals surface area contributed by atoms with Crippen LogP contribution in [0.2, 0.25) is 0 Å². The molecule has 0 rings (SSSR count). The van der Waals surface area contributed by atoms with Crippen LogP contribution in [0.1, 0.15) is 6.92 Å². The summed E-state index contributed by atoms with van der Waals surface area (Å²) in [6.45, 7) is 0.947. The van der Waals surface area contributed by atoms with E-state index in [2.05, 4.69) is -2.50 Å². The van der Waals surface area contributed by atoms with Crippen molar-refractivity contribution >= 4 is 5.97 Å². The molecule has 15 heavy (non-hydrogen) atoms. The molecule has 0 fully saturated rings. The third-order valence-corrected chi connectivity index (χ3v) is 3.51. The molecule has 0 aromatic rings. The summed E-state index contributed by atoms with van der Waals surface area (Å²) in [5, 5.41) is 31.0. The zero-order chi connectivity index (χ0) is 12.7. The Hall–Kier alpha value is 1.59. The van der Waals surface area contributed by atoms with E-state index in [1.165, 1.54) is 6.92 Å². The zero-order valence-corrected chi connectivity index (χ0v) is 13.0. The van der Waals surface area contributed by atoms with Crippen LogP contribution < -0.4 is 0 Å². The minimum absolute atomic E-state index is 0.125. The van der Waals surface area contributed by atoms with Gasteiger partial charge in [0.05, 0.1) is 13.2 Å². The monoisotopic (exact) mass is 504 g/mol. The molecule has 0 aromatic carbocycles. The predicted octanol–water partition coefficient (Wildman–Crippen LogP) is -1.88. The van der Waals surface area contributed by atoms with Crippen LogP contribution in [0.15, 0.2) is 0 Å². The number of rotatable bonds is 4. The topological polar surface area (TPSA) is 141 Å². The molecule has 0 bridgehead atoms. The van der Waals surface area contributed by atoms with Gasteiger partial charge in [-0.15, -0.1) is 0 Å². The van der Waals surface area contributed by atoms with Crippen molar-refractivity contribution in [3.63, 3.8) is 0 Å². The Kier molecular flexibility index (Phi) is 30.5. The van der Waals surface area contributed by atoms with E-state index >= 15 is 0 Å². The molecule has 0 radical (unpaired) electrons. The maximum atomic E-state index is 9.45. The summed E-state index contributed by atoms with van der Waals surface area (Å²) < 4.78 is 22.7. The fourth-order valence-corrected chi connectivity index (χ4v) is 0.624. The van der Waals surface area contributed by atoms with Crippen molar-refractivity contribution in [3.05, 3.63) is 0 Å². The van der Waals surface area contributed by atoms with Crippen molar-refractivity contribution in [2.45, 2.75) is 13.0 Å². The minimum atomic E-state index is -1.76. The van der Waals surface area contributed by atoms with Crippen LogP contribution in [0.3, 0.4) is 0 Å². The number of carboxylic acids is 1. The van der Waals surface area contributed by atoms with Gasteiger partial charge in [-0.1, -0.05) is 0 Å². The van der Waals surface area contributed by atoms with Gasteiger partial charge in [0.1, 0.15) is 6.10 Å². The van der Waals surface area contributed by atoms with Crippen LogP contribution in [-0.2, 0) is 4.51 Å². The van der Waals surface area contributed by atoms with Gasteiger partial charge in [-0.25, -0.2) is 4.79 Å². The van der Waals surface area contributed by atoms with E-state index in [1.54, 1.807) is 0 Å². The predicted molar refractivity (Wildman–Crippen MR) is 35.9 cm³/mol. The van der Waals surface area contributed by atoms with Gasteiger partial charge in [-0.3, -0.25) is 0 Å². The Balaban J connectivity index is -0.000000147. The van der Waals surface area contributed by atoms with Gasteiger partial charge in [0.25, 0.3) is 0 Å². The third-order valence-electron chi connectivity index (χ3n) is 0.513. The summed E-state index contributed by atoms with van der Waals surface area (Å²) in [4.78, 5) is 9.45. The van der Waals surface area contributed by atoms with Gasteiger partial charge in [0, 0.05) is 0 Å². The molecular weight excluding hydrogens is 489 g/mol. The molecule has 0 aliphatic heterocycles. The van der Waals surface area contributed by atoms with Crippen molar-refractivity contribution < 1.29 is 98.9 Å². The number of carbonyl (C=O) groups is 1. The third kappa shape index (κ3) is 39.0. The van der Waals surface area contributed by atoms with Crippen molar-refractivity contribution in [1.82, 2.24) is 0 Å². The van der Waals surface area contributed by atoms with Crippen LogP contribution in [0.5, 0.6) is 0 Å². The number of aliphatic hydroxyl groups excluding tert-OH is 3. The Morgan fingerprint density at radius 3 is 1.53 bits per heavy atom. The SMILES string of the molecule is CC(O)C(=O)O.OCCO.[O]=[Sm][O][Sm]=[O]. The Bertz CT molecular complexity index is 153. The normalized spacial score (nSPS) is 9.60. The van der Waals surface area contributed by atoms with Gasteiger partial charge in [0.15, 0.2) is 0 Å². The van der Waals surface area contributed by atoms with Crippen LogP contribution >= 0.6 is 0 Å². The molecule has 1 unspecified atom stereocenters. The quantitative estimate of drug-likeness (QED) is 0.351. The van der Waals surface area contributed by atoms with E-state index in [9.17, 15) is 7.01 Å². The van der Waals surface area contributed by atoms with Crippen LogP contribution in [0, 0.1) is 74.0 Å². The second-order valence-corrected chi connectivity index (χ2v) is 6.21. The first-order valence-corrected chi connectivity index (χ1v) is 7.63. The summed E-state index contributed by atoms with van der Waals surface area (Å²) in [5.41, 5.74) is 0. The number of aliphatic carboxylic acids is 1. The fourth-order valence-electron chi connectivity index (χ4n) is 0.0113. The number of aliphatic hydroxyl groups is 3. The Labute approximate surface area is 129 Å². The first-order valence-electron chi connectivity index (χ1n) is 3.35. The molecule has 0 spiro atoms. The molecule has 0 aliphatic carbocycles. The second-order valence-electron chi connectivity index (χ2n) is 1.67. The van der Waals surface area contributed by atoms with Gasteiger partial charge in [-0.05, 0) is 6.92 Å². The Morgan fingerprint density at radius 2 is 1.53 bits per heavy atom. The van der Waals surface area contributed by atoms with E-state index in [-0.39, 0.29) is 13.2 Å². The first kappa shape index (κ1) is 21.8. The number of hydrogen-bond acceptors (Lipinski definition) is 7. The molecule has 92 valence electrons.